The van der Waals surface area contributed by atoms with Crippen molar-refractivity contribution in [1.29, 1.82) is 0 Å². The molecule has 4 heteroatoms. The van der Waals surface area contributed by atoms with Gasteiger partial charge in [-0.25, -0.2) is 0 Å². The van der Waals surface area contributed by atoms with Crippen molar-refractivity contribution < 1.29 is 37.1 Å². The van der Waals surface area contributed by atoms with Crippen LogP contribution >= 0.6 is 0 Å². The Bertz CT molecular complexity index is 1200. The average Bonchev–Trinajstić information content (AvgIpc) is 2.83. The summed E-state index contributed by atoms with van der Waals surface area (Å²) in [5.74, 6) is -1.59. The van der Waals surface area contributed by atoms with Gasteiger partial charge >= 0.3 is 0 Å². The predicted molar refractivity (Wildman–Crippen MR) is 105 cm³/mol. The molecule has 142 valence electrons. The fourth-order valence-corrected chi connectivity index (χ4v) is 1.94. The van der Waals surface area contributed by atoms with Gasteiger partial charge in [-0.15, -0.1) is 0 Å². The first-order valence-corrected chi connectivity index (χ1v) is 7.93. The van der Waals surface area contributed by atoms with Crippen molar-refractivity contribution in [1.82, 2.24) is 0 Å². The van der Waals surface area contributed by atoms with E-state index >= 15 is 0 Å². The highest BCUT2D eigenvalue weighted by atomic mass is 16.5. The normalized spacial score (nSPS) is 20.7. The van der Waals surface area contributed by atoms with Gasteiger partial charge in [0, 0.05) is 5.48 Å². The minimum Gasteiger partial charge on any atom is -0.493 e. The van der Waals surface area contributed by atoms with Gasteiger partial charge in [-0.05, 0) is 73.9 Å². The Morgan fingerprint density at radius 2 is 1.92 bits per heavy atom. The zero-order valence-corrected chi connectivity index (χ0v) is 14.9. The highest BCUT2D eigenvalue weighted by molar-refractivity contribution is 5.42. The number of aliphatic hydroxyl groups excluding tert-OH is 1. The minimum atomic E-state index is -3.07. The van der Waals surface area contributed by atoms with Gasteiger partial charge < -0.3 is 19.3 Å². The summed E-state index contributed by atoms with van der Waals surface area (Å²) in [6.07, 6.45) is -8.32. The predicted octanol–water partition coefficient (Wildman–Crippen LogP) is 4.47. The Hall–Kier alpha value is -2.20. The summed E-state index contributed by atoms with van der Waals surface area (Å²) < 4.78 is 119. The van der Waals surface area contributed by atoms with Crippen LogP contribution in [0.15, 0.2) is 36.3 Å². The average molecular weight is 372 g/mol. The minimum absolute atomic E-state index is 0.170. The number of benzene rings is 2. The molecule has 0 heterocycles. The van der Waals surface area contributed by atoms with Gasteiger partial charge in [0.05, 0.1) is 32.6 Å². The van der Waals surface area contributed by atoms with Crippen LogP contribution < -0.4 is 14.2 Å². The van der Waals surface area contributed by atoms with E-state index in [1.54, 1.807) is 13.8 Å². The third-order valence-electron chi connectivity index (χ3n) is 3.47. The Labute approximate surface area is 175 Å². The smallest absolute Gasteiger partial charge is 0.160 e. The standard InChI is InChI=1S/C22H30O4/c1-16-9-11-20(13-17(16)2)26-15-19(23)8-6-5-7-18-10-12-21(24-3)22(14-18)25-4/h9-14,19,23H,5-8,15H2,1-4H3/i4D3,7D2,8D2,9D,10D,11D,12D,13D,14D. The van der Waals surface area contributed by atoms with E-state index in [4.69, 9.17) is 32.0 Å². The van der Waals surface area contributed by atoms with Crippen molar-refractivity contribution in [2.24, 2.45) is 0 Å². The summed E-state index contributed by atoms with van der Waals surface area (Å²) in [5.41, 5.74) is 0.105. The molecule has 4 nitrogen and oxygen atoms in total. The Morgan fingerprint density at radius 3 is 2.69 bits per heavy atom. The van der Waals surface area contributed by atoms with Crippen LogP contribution in [0.3, 0.4) is 0 Å². The van der Waals surface area contributed by atoms with Crippen molar-refractivity contribution in [3.63, 3.8) is 0 Å². The Balaban J connectivity index is 2.31. The molecular formula is C22H30O4. The van der Waals surface area contributed by atoms with E-state index in [2.05, 4.69) is 0 Å². The zero-order chi connectivity index (χ0) is 30.2. The van der Waals surface area contributed by atoms with E-state index < -0.39 is 80.5 Å². The van der Waals surface area contributed by atoms with E-state index in [-0.39, 0.29) is 23.9 Å². The lowest BCUT2D eigenvalue weighted by Gasteiger charge is -2.13. The van der Waals surface area contributed by atoms with Crippen LogP contribution in [0.1, 0.15) is 53.7 Å². The van der Waals surface area contributed by atoms with Crippen molar-refractivity contribution in [2.45, 2.75) is 45.5 Å². The van der Waals surface area contributed by atoms with Gasteiger partial charge in [-0.3, -0.25) is 0 Å². The van der Waals surface area contributed by atoms with Crippen molar-refractivity contribution >= 4 is 0 Å². The summed E-state index contributed by atoms with van der Waals surface area (Å²) in [6, 6.07) is -3.07. The van der Waals surface area contributed by atoms with Crippen LogP contribution in [0.25, 0.3) is 0 Å². The summed E-state index contributed by atoms with van der Waals surface area (Å²) in [7, 11) is -2.00. The lowest BCUT2D eigenvalue weighted by Crippen LogP contribution is -2.17. The van der Waals surface area contributed by atoms with Crippen LogP contribution in [0.2, 0.25) is 0 Å². The summed E-state index contributed by atoms with van der Waals surface area (Å²) in [5, 5.41) is 10.5. The molecular weight excluding hydrogens is 328 g/mol. The maximum absolute atomic E-state index is 10.5. The van der Waals surface area contributed by atoms with Gasteiger partial charge in [0.15, 0.2) is 11.5 Å². The molecule has 0 fully saturated rings. The molecule has 0 bridgehead atoms. The molecule has 0 saturated heterocycles. The molecule has 1 unspecified atom stereocenters. The van der Waals surface area contributed by atoms with Gasteiger partial charge in [0.25, 0.3) is 0 Å². The Kier molecular flexibility index (Phi) is 3.35. The number of hydrogen-bond donors (Lipinski definition) is 1. The third kappa shape index (κ3) is 5.95. The van der Waals surface area contributed by atoms with Gasteiger partial charge in [0.1, 0.15) is 12.4 Å². The van der Waals surface area contributed by atoms with Crippen LogP contribution in [0, 0.1) is 13.8 Å². The summed E-state index contributed by atoms with van der Waals surface area (Å²) in [6.45, 7) is 2.43. The first-order chi connectivity index (χ1) is 17.7. The SMILES string of the molecule is [2H]c1c([2H])c(OCC(O)C([2H])([2H])CCC([2H])([2H])c2c([2H])c([2H])c(OC)c(OC([2H])([2H])[2H])c2[2H])c([2H])c(C)c1C. The highest BCUT2D eigenvalue weighted by Gasteiger charge is 2.07. The van der Waals surface area contributed by atoms with Gasteiger partial charge in [-0.2, -0.15) is 0 Å². The second-order valence-electron chi connectivity index (χ2n) is 5.38. The molecule has 0 aliphatic carbocycles. The molecule has 1 atom stereocenters. The van der Waals surface area contributed by atoms with Crippen LogP contribution in [0.5, 0.6) is 17.2 Å². The monoisotopic (exact) mass is 371 g/mol. The summed E-state index contributed by atoms with van der Waals surface area (Å²) >= 11 is 0. The molecule has 26 heavy (non-hydrogen) atoms. The number of rotatable bonds is 10. The van der Waals surface area contributed by atoms with Gasteiger partial charge in [-0.1, -0.05) is 18.5 Å². The first-order valence-electron chi connectivity index (χ1n) is 14.4. The molecule has 0 amide bonds. The molecule has 0 aliphatic rings. The van der Waals surface area contributed by atoms with Crippen LogP contribution in [0.4, 0.5) is 0 Å². The molecule has 0 saturated carbocycles. The number of aliphatic hydroxyl groups is 1. The quantitative estimate of drug-likeness (QED) is 0.669. The molecule has 0 aliphatic heterocycles. The molecule has 0 spiro atoms. The third-order valence-corrected chi connectivity index (χ3v) is 3.47. The zero-order valence-electron chi connectivity index (χ0n) is 27.9. The van der Waals surface area contributed by atoms with Crippen LogP contribution in [-0.2, 0) is 6.37 Å². The molecule has 1 N–H and O–H groups in total. The van der Waals surface area contributed by atoms with E-state index in [0.29, 0.717) is 11.1 Å². The number of methoxy groups -OCH3 is 2. The topological polar surface area (TPSA) is 47.9 Å². The maximum atomic E-state index is 10.5. The lowest BCUT2D eigenvalue weighted by molar-refractivity contribution is 0.0976. The van der Waals surface area contributed by atoms with Crippen molar-refractivity contribution in [2.75, 3.05) is 20.8 Å². The second kappa shape index (κ2) is 10.1. The van der Waals surface area contributed by atoms with E-state index in [0.717, 1.165) is 7.11 Å². The number of hydrogen-bond acceptors (Lipinski definition) is 4. The summed E-state index contributed by atoms with van der Waals surface area (Å²) in [4.78, 5) is 0. The molecule has 0 radical (unpaired) electrons. The molecule has 2 aromatic carbocycles. The molecule has 2 aromatic rings. The second-order valence-corrected chi connectivity index (χ2v) is 5.38. The van der Waals surface area contributed by atoms with Gasteiger partial charge in [0.2, 0.25) is 0 Å². The van der Waals surface area contributed by atoms with E-state index in [9.17, 15) is 5.11 Å². The van der Waals surface area contributed by atoms with Crippen LogP contribution in [-0.4, -0.2) is 32.0 Å². The van der Waals surface area contributed by atoms with E-state index in [1.165, 1.54) is 0 Å². The fraction of sp³-hybridized carbons (Fsp3) is 0.455. The largest absolute Gasteiger partial charge is 0.493 e. The first kappa shape index (κ1) is 8.66. The van der Waals surface area contributed by atoms with Crippen molar-refractivity contribution in [3.05, 3.63) is 52.9 Å². The molecule has 2 rings (SSSR count). The fourth-order valence-electron chi connectivity index (χ4n) is 1.94. The molecule has 0 aromatic heterocycles. The Morgan fingerprint density at radius 1 is 1.08 bits per heavy atom. The van der Waals surface area contributed by atoms with E-state index in [1.807, 2.05) is 0 Å². The maximum Gasteiger partial charge on any atom is 0.160 e. The highest BCUT2D eigenvalue weighted by Crippen LogP contribution is 2.28. The number of ether oxygens (including phenoxy) is 3. The lowest BCUT2D eigenvalue weighted by atomic mass is 10.0. The van der Waals surface area contributed by atoms with Crippen molar-refractivity contribution in [3.8, 4) is 17.2 Å².